The minimum Gasteiger partial charge on any atom is -0.494 e. The van der Waals surface area contributed by atoms with Gasteiger partial charge in [-0.05, 0) is 43.5 Å². The van der Waals surface area contributed by atoms with Gasteiger partial charge < -0.3 is 9.84 Å². The predicted octanol–water partition coefficient (Wildman–Crippen LogP) is 4.08. The molecule has 0 aliphatic carbocycles. The molecule has 1 saturated heterocycles. The summed E-state index contributed by atoms with van der Waals surface area (Å²) in [7, 11) is 0. The van der Waals surface area contributed by atoms with Crippen molar-refractivity contribution in [3.8, 4) is 5.75 Å². The largest absolute Gasteiger partial charge is 0.494 e. The second-order valence-corrected chi connectivity index (χ2v) is 6.42. The van der Waals surface area contributed by atoms with Gasteiger partial charge in [0.15, 0.2) is 0 Å². The molecule has 0 bridgehead atoms. The molecule has 0 spiro atoms. The zero-order chi connectivity index (χ0) is 16.5. The summed E-state index contributed by atoms with van der Waals surface area (Å²) in [6, 6.07) is 8.42. The van der Waals surface area contributed by atoms with Crippen LogP contribution in [0.25, 0.3) is 0 Å². The number of aliphatic carboxylic acids is 1. The lowest BCUT2D eigenvalue weighted by Gasteiger charge is -2.23. The Hall–Kier alpha value is -1.55. The van der Waals surface area contributed by atoms with Gasteiger partial charge in [-0.2, -0.15) is 0 Å². The van der Waals surface area contributed by atoms with E-state index in [1.807, 2.05) is 12.1 Å². The number of nitrogens with zero attached hydrogens (tertiary/aromatic N) is 1. The van der Waals surface area contributed by atoms with E-state index in [0.29, 0.717) is 0 Å². The van der Waals surface area contributed by atoms with E-state index in [2.05, 4.69) is 24.0 Å². The molecule has 1 N–H and O–H groups in total. The van der Waals surface area contributed by atoms with Crippen molar-refractivity contribution < 1.29 is 14.6 Å². The SMILES string of the molecule is CCCCCCOc1ccc(CN2CCC[C@H]2CC(=O)O)cc1. The molecule has 1 heterocycles. The number of likely N-dealkylation sites (tertiary alicyclic amines) is 1. The normalized spacial score (nSPS) is 18.2. The second-order valence-electron chi connectivity index (χ2n) is 6.42. The van der Waals surface area contributed by atoms with Gasteiger partial charge in [-0.15, -0.1) is 0 Å². The van der Waals surface area contributed by atoms with E-state index >= 15 is 0 Å². The Morgan fingerprint density at radius 3 is 2.74 bits per heavy atom. The highest BCUT2D eigenvalue weighted by Gasteiger charge is 2.26. The Labute approximate surface area is 139 Å². The third kappa shape index (κ3) is 6.22. The quantitative estimate of drug-likeness (QED) is 0.660. The van der Waals surface area contributed by atoms with Crippen LogP contribution in [0.4, 0.5) is 0 Å². The van der Waals surface area contributed by atoms with Crippen molar-refractivity contribution in [3.63, 3.8) is 0 Å². The van der Waals surface area contributed by atoms with Gasteiger partial charge in [0.1, 0.15) is 5.75 Å². The number of benzene rings is 1. The number of carbonyl (C=O) groups is 1. The smallest absolute Gasteiger partial charge is 0.304 e. The molecule has 1 fully saturated rings. The third-order valence-corrected chi connectivity index (χ3v) is 4.48. The van der Waals surface area contributed by atoms with Gasteiger partial charge in [0.25, 0.3) is 0 Å². The number of carboxylic acid groups (broad SMARTS) is 1. The van der Waals surface area contributed by atoms with E-state index in [9.17, 15) is 4.79 Å². The highest BCUT2D eigenvalue weighted by molar-refractivity contribution is 5.67. The van der Waals surface area contributed by atoms with E-state index in [0.717, 1.165) is 44.7 Å². The van der Waals surface area contributed by atoms with Crippen molar-refractivity contribution in [1.29, 1.82) is 0 Å². The molecule has 1 aromatic rings. The standard InChI is InChI=1S/C19H29NO3/c1-2-3-4-5-13-23-18-10-8-16(9-11-18)15-20-12-6-7-17(20)14-19(21)22/h8-11,17H,2-7,12-15H2,1H3,(H,21,22)/t17-/m0/s1. The van der Waals surface area contributed by atoms with E-state index < -0.39 is 5.97 Å². The second kappa shape index (κ2) is 9.56. The molecule has 0 saturated carbocycles. The lowest BCUT2D eigenvalue weighted by molar-refractivity contribution is -0.138. The van der Waals surface area contributed by atoms with Crippen LogP contribution < -0.4 is 4.74 Å². The maximum Gasteiger partial charge on any atom is 0.304 e. The van der Waals surface area contributed by atoms with Gasteiger partial charge in [-0.25, -0.2) is 0 Å². The first-order valence-electron chi connectivity index (χ1n) is 8.86. The predicted molar refractivity (Wildman–Crippen MR) is 91.8 cm³/mol. The van der Waals surface area contributed by atoms with Crippen LogP contribution in [0.2, 0.25) is 0 Å². The fourth-order valence-corrected chi connectivity index (χ4v) is 3.18. The molecule has 23 heavy (non-hydrogen) atoms. The Bertz CT molecular complexity index is 472. The van der Waals surface area contributed by atoms with Crippen LogP contribution in [0, 0.1) is 0 Å². The number of rotatable bonds is 10. The molecule has 0 unspecified atom stereocenters. The molecule has 0 radical (unpaired) electrons. The molecule has 4 heteroatoms. The Morgan fingerprint density at radius 2 is 2.04 bits per heavy atom. The fraction of sp³-hybridized carbons (Fsp3) is 0.632. The van der Waals surface area contributed by atoms with Crippen LogP contribution >= 0.6 is 0 Å². The summed E-state index contributed by atoms with van der Waals surface area (Å²) in [4.78, 5) is 13.2. The van der Waals surface area contributed by atoms with Crippen LogP contribution in [-0.4, -0.2) is 35.2 Å². The average molecular weight is 319 g/mol. The molecule has 2 rings (SSSR count). The Morgan fingerprint density at radius 1 is 1.26 bits per heavy atom. The summed E-state index contributed by atoms with van der Waals surface area (Å²) in [6.45, 7) is 4.81. The summed E-state index contributed by atoms with van der Waals surface area (Å²) >= 11 is 0. The van der Waals surface area contributed by atoms with Crippen molar-refractivity contribution in [2.75, 3.05) is 13.2 Å². The number of hydrogen-bond donors (Lipinski definition) is 1. The number of ether oxygens (including phenoxy) is 1. The zero-order valence-electron chi connectivity index (χ0n) is 14.2. The first kappa shape index (κ1) is 17.8. The molecule has 4 nitrogen and oxygen atoms in total. The molecular formula is C19H29NO3. The van der Waals surface area contributed by atoms with Crippen molar-refractivity contribution in [3.05, 3.63) is 29.8 Å². The fourth-order valence-electron chi connectivity index (χ4n) is 3.18. The van der Waals surface area contributed by atoms with Crippen LogP contribution in [0.3, 0.4) is 0 Å². The van der Waals surface area contributed by atoms with E-state index in [1.165, 1.54) is 24.8 Å². The van der Waals surface area contributed by atoms with E-state index in [1.54, 1.807) is 0 Å². The van der Waals surface area contributed by atoms with E-state index in [4.69, 9.17) is 9.84 Å². The average Bonchev–Trinajstić information content (AvgIpc) is 2.95. The highest BCUT2D eigenvalue weighted by Crippen LogP contribution is 2.23. The summed E-state index contributed by atoms with van der Waals surface area (Å²) in [5.74, 6) is 0.225. The van der Waals surface area contributed by atoms with Crippen LogP contribution in [0.1, 0.15) is 57.4 Å². The lowest BCUT2D eigenvalue weighted by atomic mass is 10.1. The van der Waals surface area contributed by atoms with Gasteiger partial charge in [-0.1, -0.05) is 38.3 Å². The van der Waals surface area contributed by atoms with Crippen LogP contribution in [0.5, 0.6) is 5.75 Å². The van der Waals surface area contributed by atoms with Gasteiger partial charge in [0.2, 0.25) is 0 Å². The third-order valence-electron chi connectivity index (χ3n) is 4.48. The Balaban J connectivity index is 1.77. The summed E-state index contributed by atoms with van der Waals surface area (Å²) in [5.41, 5.74) is 1.22. The zero-order valence-corrected chi connectivity index (χ0v) is 14.2. The van der Waals surface area contributed by atoms with Gasteiger partial charge in [0.05, 0.1) is 13.0 Å². The number of unbranched alkanes of at least 4 members (excludes halogenated alkanes) is 3. The molecule has 1 aliphatic rings. The lowest BCUT2D eigenvalue weighted by Crippen LogP contribution is -2.30. The topological polar surface area (TPSA) is 49.8 Å². The maximum atomic E-state index is 10.9. The maximum absolute atomic E-state index is 10.9. The molecule has 0 amide bonds. The van der Waals surface area contributed by atoms with Crippen LogP contribution in [-0.2, 0) is 11.3 Å². The minimum atomic E-state index is -0.700. The summed E-state index contributed by atoms with van der Waals surface area (Å²) in [6.07, 6.45) is 7.19. The molecule has 0 aromatic heterocycles. The van der Waals surface area contributed by atoms with Crippen molar-refractivity contribution in [1.82, 2.24) is 4.90 Å². The first-order chi connectivity index (χ1) is 11.2. The summed E-state index contributed by atoms with van der Waals surface area (Å²) in [5, 5.41) is 8.99. The molecule has 1 atom stereocenters. The van der Waals surface area contributed by atoms with Crippen molar-refractivity contribution in [2.24, 2.45) is 0 Å². The number of hydrogen-bond acceptors (Lipinski definition) is 3. The monoisotopic (exact) mass is 319 g/mol. The summed E-state index contributed by atoms with van der Waals surface area (Å²) < 4.78 is 5.76. The van der Waals surface area contributed by atoms with Gasteiger partial charge in [-0.3, -0.25) is 9.69 Å². The minimum absolute atomic E-state index is 0.182. The van der Waals surface area contributed by atoms with E-state index in [-0.39, 0.29) is 12.5 Å². The molecule has 1 aromatic carbocycles. The van der Waals surface area contributed by atoms with Gasteiger partial charge >= 0.3 is 5.97 Å². The van der Waals surface area contributed by atoms with Crippen molar-refractivity contribution in [2.45, 2.75) is 64.5 Å². The Kier molecular flexibility index (Phi) is 7.40. The van der Waals surface area contributed by atoms with Crippen molar-refractivity contribution >= 4 is 5.97 Å². The van der Waals surface area contributed by atoms with Gasteiger partial charge in [0, 0.05) is 12.6 Å². The molecule has 128 valence electrons. The molecular weight excluding hydrogens is 290 g/mol. The number of carboxylic acids is 1. The molecule has 1 aliphatic heterocycles. The van der Waals surface area contributed by atoms with Crippen LogP contribution in [0.15, 0.2) is 24.3 Å². The highest BCUT2D eigenvalue weighted by atomic mass is 16.5. The first-order valence-corrected chi connectivity index (χ1v) is 8.86.